The minimum atomic E-state index is -0.0598. The van der Waals surface area contributed by atoms with Crippen molar-refractivity contribution in [1.29, 1.82) is 0 Å². The van der Waals surface area contributed by atoms with E-state index in [2.05, 4.69) is 33.4 Å². The number of carbonyl (C=O) groups is 1. The Balaban J connectivity index is 1.82. The Kier molecular flexibility index (Phi) is 4.09. The highest BCUT2D eigenvalue weighted by Gasteiger charge is 2.29. The Morgan fingerprint density at radius 3 is 2.62 bits per heavy atom. The van der Waals surface area contributed by atoms with Gasteiger partial charge in [-0.3, -0.25) is 4.79 Å². The van der Waals surface area contributed by atoms with Crippen LogP contribution in [-0.2, 0) is 4.79 Å². The van der Waals surface area contributed by atoms with E-state index in [0.29, 0.717) is 0 Å². The maximum Gasteiger partial charge on any atom is 0.232 e. The summed E-state index contributed by atoms with van der Waals surface area (Å²) < 4.78 is 1.10. The van der Waals surface area contributed by atoms with Crippen molar-refractivity contribution < 1.29 is 4.79 Å². The third kappa shape index (κ3) is 2.87. The highest BCUT2D eigenvalue weighted by atomic mass is 79.9. The van der Waals surface area contributed by atoms with Gasteiger partial charge in [-0.1, -0.05) is 34.1 Å². The number of anilines is 1. The third-order valence-electron chi connectivity index (χ3n) is 3.72. The molecule has 0 fully saturated rings. The van der Waals surface area contributed by atoms with Crippen LogP contribution in [0.5, 0.6) is 0 Å². The van der Waals surface area contributed by atoms with E-state index in [9.17, 15) is 4.79 Å². The van der Waals surface area contributed by atoms with E-state index in [4.69, 9.17) is 0 Å². The molecule has 0 saturated carbocycles. The van der Waals surface area contributed by atoms with E-state index in [-0.39, 0.29) is 11.8 Å². The fourth-order valence-corrected chi connectivity index (χ4v) is 4.08. The molecule has 21 heavy (non-hydrogen) atoms. The fourth-order valence-electron chi connectivity index (χ4n) is 2.63. The maximum absolute atomic E-state index is 12.5. The molecule has 4 heteroatoms. The van der Waals surface area contributed by atoms with Crippen LogP contribution in [0.3, 0.4) is 0 Å². The molecule has 3 rings (SSSR count). The SMILES string of the molecule is Cc1cc(NC(=O)C2CSc3ccccc32)cc(C)c1Br. The van der Waals surface area contributed by atoms with Crippen LogP contribution in [0.4, 0.5) is 5.69 Å². The largest absolute Gasteiger partial charge is 0.326 e. The second-order valence-corrected chi connectivity index (χ2v) is 7.17. The average molecular weight is 362 g/mol. The Labute approximate surface area is 137 Å². The number of halogens is 1. The van der Waals surface area contributed by atoms with Crippen LogP contribution in [0.15, 0.2) is 45.8 Å². The Hall–Kier alpha value is -1.26. The third-order valence-corrected chi connectivity index (χ3v) is 6.15. The number of thioether (sulfide) groups is 1. The molecule has 1 aliphatic heterocycles. The average Bonchev–Trinajstić information content (AvgIpc) is 2.88. The van der Waals surface area contributed by atoms with Gasteiger partial charge in [0.2, 0.25) is 5.91 Å². The van der Waals surface area contributed by atoms with Gasteiger partial charge < -0.3 is 5.32 Å². The van der Waals surface area contributed by atoms with Crippen LogP contribution in [-0.4, -0.2) is 11.7 Å². The number of aryl methyl sites for hydroxylation is 2. The molecule has 2 nitrogen and oxygen atoms in total. The zero-order chi connectivity index (χ0) is 15.0. The smallest absolute Gasteiger partial charge is 0.232 e. The molecule has 1 heterocycles. The standard InChI is InChI=1S/C17H16BrNOS/c1-10-7-12(8-11(2)16(10)18)19-17(20)14-9-21-15-6-4-3-5-13(14)15/h3-8,14H,9H2,1-2H3,(H,19,20). The summed E-state index contributed by atoms with van der Waals surface area (Å²) in [5, 5.41) is 3.06. The van der Waals surface area contributed by atoms with E-state index in [1.54, 1.807) is 11.8 Å². The molecule has 2 aromatic carbocycles. The van der Waals surface area contributed by atoms with Crippen molar-refractivity contribution in [3.63, 3.8) is 0 Å². The monoisotopic (exact) mass is 361 g/mol. The van der Waals surface area contributed by atoms with Crippen molar-refractivity contribution in [2.45, 2.75) is 24.7 Å². The zero-order valence-electron chi connectivity index (χ0n) is 11.9. The molecule has 1 amide bonds. The first-order chi connectivity index (χ1) is 10.1. The molecule has 1 N–H and O–H groups in total. The minimum absolute atomic E-state index is 0.0598. The highest BCUT2D eigenvalue weighted by Crippen LogP contribution is 2.39. The number of amides is 1. The van der Waals surface area contributed by atoms with Crippen molar-refractivity contribution in [2.24, 2.45) is 0 Å². The van der Waals surface area contributed by atoms with Gasteiger partial charge in [0.1, 0.15) is 0 Å². The molecule has 0 aliphatic carbocycles. The first-order valence-electron chi connectivity index (χ1n) is 6.85. The fraction of sp³-hybridized carbons (Fsp3) is 0.235. The highest BCUT2D eigenvalue weighted by molar-refractivity contribution is 9.10. The predicted molar refractivity (Wildman–Crippen MR) is 92.2 cm³/mol. The molecule has 1 unspecified atom stereocenters. The van der Waals surface area contributed by atoms with Crippen LogP contribution in [0.2, 0.25) is 0 Å². The summed E-state index contributed by atoms with van der Waals surface area (Å²) in [6.07, 6.45) is 0. The van der Waals surface area contributed by atoms with Gasteiger partial charge in [-0.15, -0.1) is 11.8 Å². The van der Waals surface area contributed by atoms with E-state index < -0.39 is 0 Å². The Morgan fingerprint density at radius 2 is 1.90 bits per heavy atom. The lowest BCUT2D eigenvalue weighted by Crippen LogP contribution is -2.21. The van der Waals surface area contributed by atoms with Crippen LogP contribution < -0.4 is 5.32 Å². The molecule has 0 aromatic heterocycles. The van der Waals surface area contributed by atoms with Gasteiger partial charge in [0.25, 0.3) is 0 Å². The molecule has 2 aromatic rings. The van der Waals surface area contributed by atoms with Crippen molar-refractivity contribution in [1.82, 2.24) is 0 Å². The van der Waals surface area contributed by atoms with Crippen LogP contribution >= 0.6 is 27.7 Å². The van der Waals surface area contributed by atoms with Gasteiger partial charge in [-0.05, 0) is 48.7 Å². The molecule has 0 radical (unpaired) electrons. The van der Waals surface area contributed by atoms with Crippen LogP contribution in [0.1, 0.15) is 22.6 Å². The number of benzene rings is 2. The molecule has 1 aliphatic rings. The predicted octanol–water partition coefficient (Wildman–Crippen LogP) is 4.89. The lowest BCUT2D eigenvalue weighted by Gasteiger charge is -2.13. The first kappa shape index (κ1) is 14.7. The molecular weight excluding hydrogens is 346 g/mol. The lowest BCUT2D eigenvalue weighted by molar-refractivity contribution is -0.117. The molecule has 108 valence electrons. The molecule has 0 bridgehead atoms. The number of nitrogens with one attached hydrogen (secondary N) is 1. The lowest BCUT2D eigenvalue weighted by atomic mass is 10.0. The minimum Gasteiger partial charge on any atom is -0.326 e. The van der Waals surface area contributed by atoms with E-state index in [0.717, 1.165) is 32.6 Å². The van der Waals surface area contributed by atoms with Gasteiger partial charge in [0.15, 0.2) is 0 Å². The summed E-state index contributed by atoms with van der Waals surface area (Å²) in [5.74, 6) is 0.837. The van der Waals surface area contributed by atoms with E-state index in [1.807, 2.05) is 38.1 Å². The molecular formula is C17H16BrNOS. The normalized spacial score (nSPS) is 16.6. The first-order valence-corrected chi connectivity index (χ1v) is 8.63. The van der Waals surface area contributed by atoms with Crippen molar-refractivity contribution in [2.75, 3.05) is 11.1 Å². The quantitative estimate of drug-likeness (QED) is 0.824. The Morgan fingerprint density at radius 1 is 1.24 bits per heavy atom. The summed E-state index contributed by atoms with van der Waals surface area (Å²) in [5.41, 5.74) is 4.27. The number of carbonyl (C=O) groups excluding carboxylic acids is 1. The number of hydrogen-bond acceptors (Lipinski definition) is 2. The Bertz CT molecular complexity index is 691. The van der Waals surface area contributed by atoms with Crippen molar-refractivity contribution in [3.8, 4) is 0 Å². The summed E-state index contributed by atoms with van der Waals surface area (Å²) in [4.78, 5) is 13.8. The van der Waals surface area contributed by atoms with E-state index in [1.165, 1.54) is 4.90 Å². The summed E-state index contributed by atoms with van der Waals surface area (Å²) in [7, 11) is 0. The van der Waals surface area contributed by atoms with Gasteiger partial charge >= 0.3 is 0 Å². The molecule has 1 atom stereocenters. The number of hydrogen-bond donors (Lipinski definition) is 1. The van der Waals surface area contributed by atoms with E-state index >= 15 is 0 Å². The maximum atomic E-state index is 12.5. The second-order valence-electron chi connectivity index (χ2n) is 5.31. The van der Waals surface area contributed by atoms with Gasteiger partial charge in [0.05, 0.1) is 5.92 Å². The zero-order valence-corrected chi connectivity index (χ0v) is 14.3. The van der Waals surface area contributed by atoms with Gasteiger partial charge in [-0.25, -0.2) is 0 Å². The van der Waals surface area contributed by atoms with Crippen molar-refractivity contribution >= 4 is 39.3 Å². The van der Waals surface area contributed by atoms with Crippen LogP contribution in [0, 0.1) is 13.8 Å². The summed E-state index contributed by atoms with van der Waals surface area (Å²) in [6, 6.07) is 12.2. The molecule has 0 spiro atoms. The van der Waals surface area contributed by atoms with Gasteiger partial charge in [-0.2, -0.15) is 0 Å². The van der Waals surface area contributed by atoms with Gasteiger partial charge in [0, 0.05) is 20.8 Å². The molecule has 0 saturated heterocycles. The summed E-state index contributed by atoms with van der Waals surface area (Å²) >= 11 is 5.31. The number of rotatable bonds is 2. The number of fused-ring (bicyclic) bond motifs is 1. The second kappa shape index (κ2) is 5.85. The topological polar surface area (TPSA) is 29.1 Å². The van der Waals surface area contributed by atoms with Crippen molar-refractivity contribution in [3.05, 3.63) is 57.6 Å². The summed E-state index contributed by atoms with van der Waals surface area (Å²) in [6.45, 7) is 4.07. The van der Waals surface area contributed by atoms with Crippen LogP contribution in [0.25, 0.3) is 0 Å².